The zero-order valence-corrected chi connectivity index (χ0v) is 18.9. The van der Waals surface area contributed by atoms with Crippen molar-refractivity contribution in [3.8, 4) is 0 Å². The Kier molecular flexibility index (Phi) is 17.0. The third-order valence-electron chi connectivity index (χ3n) is 1.17. The van der Waals surface area contributed by atoms with E-state index in [1.807, 2.05) is 0 Å². The number of halogens is 12. The van der Waals surface area contributed by atoms with Gasteiger partial charge in [-0.1, -0.05) is 0 Å². The molecule has 0 atom stereocenters. The molecule has 29 heteroatoms. The summed E-state index contributed by atoms with van der Waals surface area (Å²) in [6.07, 6.45) is 0. The van der Waals surface area contributed by atoms with Gasteiger partial charge in [0.05, 0.1) is 0 Å². The molecule has 203 valence electrons. The summed E-state index contributed by atoms with van der Waals surface area (Å²) in [6, 6.07) is 0. The van der Waals surface area contributed by atoms with E-state index < -0.39 is 62.5 Å². The summed E-state index contributed by atoms with van der Waals surface area (Å²) in [7, 11) is -23.4. The third-order valence-corrected chi connectivity index (χ3v) is 3.51. The first-order valence-corrected chi connectivity index (χ1v) is 10.9. The third kappa shape index (κ3) is 21.9. The summed E-state index contributed by atoms with van der Waals surface area (Å²) in [4.78, 5) is 0. The molecule has 0 aliphatic heterocycles. The van der Waals surface area contributed by atoms with Gasteiger partial charge in [0.15, 0.2) is 0 Å². The van der Waals surface area contributed by atoms with Gasteiger partial charge >= 0.3 is 62.5 Å². The molecule has 0 amide bonds. The number of hydrogen-bond donors (Lipinski definition) is 4. The first-order valence-electron chi connectivity index (χ1n) is 5.15. The van der Waals surface area contributed by atoms with Crippen LogP contribution in [-0.4, -0.2) is 73.9 Å². The van der Waals surface area contributed by atoms with Crippen LogP contribution in [0, 0.1) is 0 Å². The number of rotatable bonds is 0. The molecule has 33 heavy (non-hydrogen) atoms. The molecular formula is C4H4F12O12S4Sc. The second-order valence-electron chi connectivity index (χ2n) is 3.68. The first kappa shape index (κ1) is 42.8. The molecule has 0 aromatic carbocycles. The van der Waals surface area contributed by atoms with Crippen molar-refractivity contribution in [2.45, 2.75) is 22.0 Å². The van der Waals surface area contributed by atoms with Crippen LogP contribution >= 0.6 is 0 Å². The molecule has 0 aliphatic carbocycles. The summed E-state index contributed by atoms with van der Waals surface area (Å²) >= 11 is 0. The van der Waals surface area contributed by atoms with E-state index in [1.54, 1.807) is 0 Å². The maximum Gasteiger partial charge on any atom is 0.522 e. The SMILES string of the molecule is O=S(=O)(O)C(F)(F)F.O=S(=O)(O)C(F)(F)F.O=S(=O)(O)C(F)(F)F.O=S(=O)(O)C(F)(F)F.[Sc]. The van der Waals surface area contributed by atoms with Crippen molar-refractivity contribution >= 4 is 40.5 Å². The van der Waals surface area contributed by atoms with E-state index in [-0.39, 0.29) is 25.8 Å². The molecule has 12 nitrogen and oxygen atoms in total. The van der Waals surface area contributed by atoms with Crippen molar-refractivity contribution in [3.63, 3.8) is 0 Å². The molecule has 0 bridgehead atoms. The molecule has 0 fully saturated rings. The molecule has 0 aromatic heterocycles. The Morgan fingerprint density at radius 2 is 0.364 bits per heavy atom. The zero-order chi connectivity index (χ0) is 28.0. The van der Waals surface area contributed by atoms with E-state index >= 15 is 0 Å². The van der Waals surface area contributed by atoms with Crippen molar-refractivity contribution in [2.75, 3.05) is 0 Å². The van der Waals surface area contributed by atoms with Gasteiger partial charge in [0.1, 0.15) is 0 Å². The first-order chi connectivity index (χ1) is 13.0. The predicted octanol–water partition coefficient (Wildman–Crippen LogP) is 1.57. The van der Waals surface area contributed by atoms with Crippen LogP contribution in [0.2, 0.25) is 0 Å². The van der Waals surface area contributed by atoms with Crippen LogP contribution < -0.4 is 0 Å². The maximum atomic E-state index is 10.7. The van der Waals surface area contributed by atoms with Crippen molar-refractivity contribution < 1.29 is 130 Å². The van der Waals surface area contributed by atoms with Gasteiger partial charge < -0.3 is 0 Å². The fraction of sp³-hybridized carbons (Fsp3) is 1.00. The average Bonchev–Trinajstić information content (AvgIpc) is 2.30. The van der Waals surface area contributed by atoms with Gasteiger partial charge in [-0.15, -0.1) is 0 Å². The van der Waals surface area contributed by atoms with E-state index in [1.165, 1.54) is 0 Å². The largest absolute Gasteiger partial charge is 0.522 e. The van der Waals surface area contributed by atoms with Gasteiger partial charge in [0, 0.05) is 25.8 Å². The monoisotopic (exact) mass is 645 g/mol. The topological polar surface area (TPSA) is 217 Å². The Morgan fingerprint density at radius 3 is 0.364 bits per heavy atom. The molecule has 0 unspecified atom stereocenters. The van der Waals surface area contributed by atoms with E-state index in [9.17, 15) is 52.7 Å². The maximum absolute atomic E-state index is 10.7. The van der Waals surface area contributed by atoms with Crippen LogP contribution in [0.1, 0.15) is 0 Å². The fourth-order valence-corrected chi connectivity index (χ4v) is 0. The van der Waals surface area contributed by atoms with Gasteiger partial charge in [-0.2, -0.15) is 86.4 Å². The minimum Gasteiger partial charge on any atom is -0.279 e. The number of hydrogen-bond acceptors (Lipinski definition) is 8. The minimum atomic E-state index is -5.84. The van der Waals surface area contributed by atoms with Crippen LogP contribution in [0.5, 0.6) is 0 Å². The quantitative estimate of drug-likeness (QED) is 0.168. The van der Waals surface area contributed by atoms with Crippen LogP contribution in [0.3, 0.4) is 0 Å². The molecule has 0 aromatic rings. The van der Waals surface area contributed by atoms with E-state index in [0.717, 1.165) is 0 Å². The van der Waals surface area contributed by atoms with Gasteiger partial charge in [-0.3, -0.25) is 18.2 Å². The van der Waals surface area contributed by atoms with Gasteiger partial charge in [-0.25, -0.2) is 0 Å². The van der Waals surface area contributed by atoms with Gasteiger partial charge in [0.25, 0.3) is 0 Å². The summed E-state index contributed by atoms with van der Waals surface area (Å²) in [6.45, 7) is 0. The van der Waals surface area contributed by atoms with E-state index in [2.05, 4.69) is 0 Å². The standard InChI is InChI=1S/4CHF3O3S.Sc/c4*2-1(3,4)8(5,6)7;/h4*(H,5,6,7);. The van der Waals surface area contributed by atoms with Crippen LogP contribution in [0.25, 0.3) is 0 Å². The van der Waals surface area contributed by atoms with E-state index in [0.29, 0.717) is 0 Å². The van der Waals surface area contributed by atoms with Crippen molar-refractivity contribution in [1.82, 2.24) is 0 Å². The molecule has 1 radical (unpaired) electrons. The normalized spacial score (nSPS) is 13.6. The van der Waals surface area contributed by atoms with Crippen molar-refractivity contribution in [1.29, 1.82) is 0 Å². The van der Waals surface area contributed by atoms with Crippen molar-refractivity contribution in [2.24, 2.45) is 0 Å². The summed E-state index contributed by atoms with van der Waals surface area (Å²) in [5, 5.41) is 0. The summed E-state index contributed by atoms with van der Waals surface area (Å²) < 4.78 is 230. The molecule has 0 heterocycles. The number of alkyl halides is 12. The second-order valence-corrected chi connectivity index (χ2v) is 9.34. The zero-order valence-electron chi connectivity index (χ0n) is 13.8. The molecule has 0 saturated heterocycles. The van der Waals surface area contributed by atoms with Crippen LogP contribution in [0.4, 0.5) is 52.7 Å². The Bertz CT molecular complexity index is 828. The van der Waals surface area contributed by atoms with Crippen molar-refractivity contribution in [3.05, 3.63) is 0 Å². The van der Waals surface area contributed by atoms with Crippen LogP contribution in [-0.2, 0) is 66.3 Å². The molecular weight excluding hydrogens is 641 g/mol. The Morgan fingerprint density at radius 1 is 0.333 bits per heavy atom. The Labute approximate surface area is 192 Å². The van der Waals surface area contributed by atoms with Gasteiger partial charge in [0.2, 0.25) is 0 Å². The Hall–Kier alpha value is -0.330. The average molecular weight is 645 g/mol. The molecule has 0 rings (SSSR count). The Balaban J connectivity index is -0.000000105. The molecule has 4 N–H and O–H groups in total. The predicted molar refractivity (Wildman–Crippen MR) is 70.4 cm³/mol. The summed E-state index contributed by atoms with van der Waals surface area (Å²) in [5.41, 5.74) is -22.1. The fourth-order valence-electron chi connectivity index (χ4n) is 0. The molecule has 0 spiro atoms. The molecule has 0 aliphatic rings. The molecule has 0 saturated carbocycles. The van der Waals surface area contributed by atoms with Crippen LogP contribution in [0.15, 0.2) is 0 Å². The second kappa shape index (κ2) is 13.1. The minimum absolute atomic E-state index is 0. The summed E-state index contributed by atoms with van der Waals surface area (Å²) in [5.74, 6) is 0. The van der Waals surface area contributed by atoms with Gasteiger partial charge in [-0.05, 0) is 0 Å². The smallest absolute Gasteiger partial charge is 0.279 e. The van der Waals surface area contributed by atoms with E-state index in [4.69, 9.17) is 51.9 Å².